The van der Waals surface area contributed by atoms with Gasteiger partial charge >= 0.3 is 6.09 Å². The fraction of sp³-hybridized carbons (Fsp3) is 0.500. The summed E-state index contributed by atoms with van der Waals surface area (Å²) in [4.78, 5) is 16.2. The van der Waals surface area contributed by atoms with E-state index in [1.54, 1.807) is 24.0 Å². The Bertz CT molecular complexity index is 1010. The van der Waals surface area contributed by atoms with Crippen molar-refractivity contribution in [1.29, 1.82) is 0 Å². The lowest BCUT2D eigenvalue weighted by atomic mass is 10.0. The summed E-state index contributed by atoms with van der Waals surface area (Å²) in [5.74, 6) is 1.67. The Morgan fingerprint density at radius 3 is 3.03 bits per heavy atom. The second kappa shape index (κ2) is 8.70. The van der Waals surface area contributed by atoms with Crippen molar-refractivity contribution in [3.8, 4) is 0 Å². The molecule has 0 aromatic carbocycles. The largest absolute Gasteiger partial charge is 0.447 e. The number of aromatic amines is 1. The van der Waals surface area contributed by atoms with Crippen molar-refractivity contribution >= 4 is 23.2 Å². The number of rotatable bonds is 7. The fourth-order valence-corrected chi connectivity index (χ4v) is 3.83. The van der Waals surface area contributed by atoms with E-state index in [0.717, 1.165) is 36.2 Å². The third-order valence-corrected chi connectivity index (χ3v) is 5.11. The maximum Gasteiger partial charge on any atom is 0.407 e. The number of H-pyrrole nitrogens is 1. The van der Waals surface area contributed by atoms with Gasteiger partial charge in [0.15, 0.2) is 11.6 Å². The molecule has 2 atom stereocenters. The minimum atomic E-state index is -0.351. The zero-order valence-corrected chi connectivity index (χ0v) is 17.4. The van der Waals surface area contributed by atoms with Crippen molar-refractivity contribution in [3.05, 3.63) is 35.9 Å². The minimum Gasteiger partial charge on any atom is -0.447 e. The summed E-state index contributed by atoms with van der Waals surface area (Å²) in [6.45, 7) is 4.12. The molecule has 3 heterocycles. The van der Waals surface area contributed by atoms with Gasteiger partial charge in [0, 0.05) is 43.2 Å². The van der Waals surface area contributed by atoms with Gasteiger partial charge < -0.3 is 20.1 Å². The number of carbonyl (C=O) groups excluding carboxylic acids is 1. The molecule has 0 saturated heterocycles. The molecule has 4 rings (SSSR count). The van der Waals surface area contributed by atoms with Crippen LogP contribution in [0.3, 0.4) is 0 Å². The molecule has 3 aromatic heterocycles. The number of anilines is 2. The van der Waals surface area contributed by atoms with Crippen LogP contribution >= 0.6 is 0 Å². The Morgan fingerprint density at radius 2 is 2.23 bits per heavy atom. The molecule has 2 unspecified atom stereocenters. The van der Waals surface area contributed by atoms with Crippen LogP contribution in [0.25, 0.3) is 5.52 Å². The number of hydrogen-bond acceptors (Lipinski definition) is 7. The predicted molar refractivity (Wildman–Crippen MR) is 111 cm³/mol. The Balaban J connectivity index is 1.40. The smallest absolute Gasteiger partial charge is 0.407 e. The highest BCUT2D eigenvalue weighted by Gasteiger charge is 2.29. The normalized spacial score (nSPS) is 18.8. The summed E-state index contributed by atoms with van der Waals surface area (Å²) in [5.41, 5.74) is 2.72. The molecule has 0 radical (unpaired) electrons. The first kappa shape index (κ1) is 20.1. The minimum absolute atomic E-state index is 0.113. The molecule has 0 spiro atoms. The fourth-order valence-electron chi connectivity index (χ4n) is 3.83. The predicted octanol–water partition coefficient (Wildman–Crippen LogP) is 3.11. The van der Waals surface area contributed by atoms with Crippen LogP contribution in [0.1, 0.15) is 50.4 Å². The highest BCUT2D eigenvalue weighted by molar-refractivity contribution is 5.72. The van der Waals surface area contributed by atoms with E-state index in [0.29, 0.717) is 24.2 Å². The number of nitrogens with zero attached hydrogens (tertiary/aromatic N) is 4. The average Bonchev–Trinajstić information content (AvgIpc) is 3.41. The zero-order valence-electron chi connectivity index (χ0n) is 17.4. The van der Waals surface area contributed by atoms with Gasteiger partial charge in [-0.15, -0.1) is 0 Å². The van der Waals surface area contributed by atoms with E-state index in [4.69, 9.17) is 9.47 Å². The number of methoxy groups -OCH3 is 1. The number of hydrogen-bond donors (Lipinski definition) is 3. The lowest BCUT2D eigenvalue weighted by Gasteiger charge is -2.14. The quantitative estimate of drug-likeness (QED) is 0.544. The van der Waals surface area contributed by atoms with Crippen LogP contribution in [0.2, 0.25) is 0 Å². The number of alkyl carbamates (subject to hydrolysis) is 1. The van der Waals surface area contributed by atoms with E-state index in [1.165, 1.54) is 0 Å². The van der Waals surface area contributed by atoms with Crippen molar-refractivity contribution in [2.24, 2.45) is 0 Å². The van der Waals surface area contributed by atoms with E-state index >= 15 is 0 Å². The summed E-state index contributed by atoms with van der Waals surface area (Å²) < 4.78 is 12.1. The lowest BCUT2D eigenvalue weighted by molar-refractivity contribution is 0.112. The maximum absolute atomic E-state index is 11.8. The molecule has 10 heteroatoms. The van der Waals surface area contributed by atoms with Gasteiger partial charge in [0.25, 0.3) is 0 Å². The van der Waals surface area contributed by atoms with Gasteiger partial charge in [-0.05, 0) is 39.2 Å². The van der Waals surface area contributed by atoms with Crippen molar-refractivity contribution in [2.75, 3.05) is 12.4 Å². The molecular formula is C20H27N7O3. The molecule has 3 aromatic rings. The van der Waals surface area contributed by atoms with Crippen LogP contribution in [0.15, 0.2) is 24.5 Å². The second-order valence-electron chi connectivity index (χ2n) is 7.81. The molecule has 160 valence electrons. The van der Waals surface area contributed by atoms with Gasteiger partial charge in [-0.1, -0.05) is 0 Å². The molecule has 1 fully saturated rings. The molecule has 1 aliphatic rings. The topological polar surface area (TPSA) is 118 Å². The van der Waals surface area contributed by atoms with E-state index in [1.807, 2.05) is 26.0 Å². The molecule has 0 aliphatic heterocycles. The number of fused-ring (bicyclic) bond motifs is 1. The summed E-state index contributed by atoms with van der Waals surface area (Å²) in [7, 11) is 1.64. The number of carbonyl (C=O) groups is 1. The van der Waals surface area contributed by atoms with Gasteiger partial charge in [0.05, 0.1) is 18.4 Å². The molecule has 10 nitrogen and oxygen atoms in total. The standard InChI is InChI=1S/C20H27N7O3/c1-12(2)30-20(28)22-14-5-4-13(8-14)16-10-18(25-24-16)23-19-17-9-15(11-29-3)26-27(17)7-6-21-19/h6-7,9-10,12-14H,4-5,8,11H2,1-3H3,(H,22,28)(H2,21,23,24,25). The lowest BCUT2D eigenvalue weighted by Crippen LogP contribution is -2.34. The first-order valence-corrected chi connectivity index (χ1v) is 10.1. The number of nitrogens with one attached hydrogen (secondary N) is 3. The van der Waals surface area contributed by atoms with Crippen molar-refractivity contribution in [2.45, 2.75) is 57.8 Å². The molecule has 1 saturated carbocycles. The van der Waals surface area contributed by atoms with Gasteiger partial charge in [-0.3, -0.25) is 5.10 Å². The van der Waals surface area contributed by atoms with Crippen molar-refractivity contribution in [3.63, 3.8) is 0 Å². The average molecular weight is 413 g/mol. The monoisotopic (exact) mass is 413 g/mol. The second-order valence-corrected chi connectivity index (χ2v) is 7.81. The van der Waals surface area contributed by atoms with Crippen LogP contribution in [0.4, 0.5) is 16.4 Å². The first-order valence-electron chi connectivity index (χ1n) is 10.1. The Morgan fingerprint density at radius 1 is 1.37 bits per heavy atom. The molecule has 1 amide bonds. The summed E-state index contributed by atoms with van der Waals surface area (Å²) in [6.07, 6.45) is 5.76. The van der Waals surface area contributed by atoms with Crippen LogP contribution in [0, 0.1) is 0 Å². The molecule has 30 heavy (non-hydrogen) atoms. The van der Waals surface area contributed by atoms with E-state index in [9.17, 15) is 4.79 Å². The molecule has 3 N–H and O–H groups in total. The van der Waals surface area contributed by atoms with Gasteiger partial charge in [-0.2, -0.15) is 10.2 Å². The van der Waals surface area contributed by atoms with Crippen LogP contribution in [-0.4, -0.2) is 50.1 Å². The van der Waals surface area contributed by atoms with Crippen LogP contribution in [0.5, 0.6) is 0 Å². The third kappa shape index (κ3) is 4.54. The Labute approximate surface area is 174 Å². The highest BCUT2D eigenvalue weighted by atomic mass is 16.6. The Kier molecular flexibility index (Phi) is 5.84. The SMILES string of the molecule is COCc1cc2c(Nc3cc(C4CCC(NC(=O)OC(C)C)C4)[nH]n3)nccn2n1. The van der Waals surface area contributed by atoms with Crippen molar-refractivity contribution < 1.29 is 14.3 Å². The molecular weight excluding hydrogens is 386 g/mol. The van der Waals surface area contributed by atoms with Gasteiger partial charge in [0.1, 0.15) is 5.52 Å². The molecule has 1 aliphatic carbocycles. The summed E-state index contributed by atoms with van der Waals surface area (Å²) in [6, 6.07) is 4.05. The maximum atomic E-state index is 11.8. The Hall–Kier alpha value is -3.14. The first-order chi connectivity index (χ1) is 14.5. The van der Waals surface area contributed by atoms with Gasteiger partial charge in [-0.25, -0.2) is 14.3 Å². The van der Waals surface area contributed by atoms with E-state index in [2.05, 4.69) is 30.9 Å². The van der Waals surface area contributed by atoms with Crippen molar-refractivity contribution in [1.82, 2.24) is 30.1 Å². The van der Waals surface area contributed by atoms with Gasteiger partial charge in [0.2, 0.25) is 0 Å². The zero-order chi connectivity index (χ0) is 21.1. The van der Waals surface area contributed by atoms with Crippen LogP contribution in [-0.2, 0) is 16.1 Å². The highest BCUT2D eigenvalue weighted by Crippen LogP contribution is 2.34. The third-order valence-electron chi connectivity index (χ3n) is 5.11. The van der Waals surface area contributed by atoms with E-state index < -0.39 is 0 Å². The van der Waals surface area contributed by atoms with Crippen LogP contribution < -0.4 is 10.6 Å². The summed E-state index contributed by atoms with van der Waals surface area (Å²) in [5, 5.41) is 18.2. The molecule has 0 bridgehead atoms. The number of ether oxygens (including phenoxy) is 2. The summed E-state index contributed by atoms with van der Waals surface area (Å²) >= 11 is 0. The number of amides is 1. The van der Waals surface area contributed by atoms with E-state index in [-0.39, 0.29) is 18.2 Å². The number of aromatic nitrogens is 5.